The minimum atomic E-state index is -0.179. The summed E-state index contributed by atoms with van der Waals surface area (Å²) in [5.74, 6) is 2.19. The van der Waals surface area contributed by atoms with Crippen molar-refractivity contribution in [1.29, 1.82) is 0 Å². The predicted octanol–water partition coefficient (Wildman–Crippen LogP) is 2.93. The Hall–Kier alpha value is -3.16. The van der Waals surface area contributed by atoms with Crippen molar-refractivity contribution in [1.82, 2.24) is 14.9 Å². The molecule has 1 saturated heterocycles. The lowest BCUT2D eigenvalue weighted by Crippen LogP contribution is -2.54. The second kappa shape index (κ2) is 8.65. The molecular weight excluding hydrogens is 418 g/mol. The number of carbonyl (C=O) groups is 2. The number of aromatic nitrogens is 2. The maximum absolute atomic E-state index is 12.6. The van der Waals surface area contributed by atoms with Crippen LogP contribution in [0.5, 0.6) is 0 Å². The van der Waals surface area contributed by atoms with Gasteiger partial charge in [0.05, 0.1) is 0 Å². The van der Waals surface area contributed by atoms with Gasteiger partial charge in [-0.05, 0) is 74.3 Å². The first-order valence-electron chi connectivity index (χ1n) is 11.9. The molecule has 1 atom stereocenters. The Labute approximate surface area is 193 Å². The Kier molecular flexibility index (Phi) is 5.68. The summed E-state index contributed by atoms with van der Waals surface area (Å²) in [6.07, 6.45) is 6.61. The van der Waals surface area contributed by atoms with E-state index < -0.39 is 0 Å². The number of pyridine rings is 2. The summed E-state index contributed by atoms with van der Waals surface area (Å²) < 4.78 is 0. The van der Waals surface area contributed by atoms with Crippen molar-refractivity contribution in [2.75, 3.05) is 29.9 Å². The maximum atomic E-state index is 12.6. The van der Waals surface area contributed by atoms with E-state index in [-0.39, 0.29) is 29.3 Å². The first-order valence-corrected chi connectivity index (χ1v) is 11.9. The fraction of sp³-hybridized carbons (Fsp3) is 0.520. The summed E-state index contributed by atoms with van der Waals surface area (Å²) in [4.78, 5) is 48.7. The van der Waals surface area contributed by atoms with E-state index in [1.54, 1.807) is 12.3 Å². The van der Waals surface area contributed by atoms with Gasteiger partial charge in [0.2, 0.25) is 17.4 Å². The zero-order valence-corrected chi connectivity index (χ0v) is 19.3. The average Bonchev–Trinajstić information content (AvgIpc) is 3.68. The number of aryl methyl sites for hydroxylation is 1. The van der Waals surface area contributed by atoms with Crippen molar-refractivity contribution in [3.63, 3.8) is 0 Å². The third-order valence-electron chi connectivity index (χ3n) is 6.89. The summed E-state index contributed by atoms with van der Waals surface area (Å²) >= 11 is 0. The van der Waals surface area contributed by atoms with Crippen LogP contribution < -0.4 is 15.8 Å². The molecule has 3 aliphatic rings. The fourth-order valence-electron chi connectivity index (χ4n) is 4.56. The van der Waals surface area contributed by atoms with E-state index in [9.17, 15) is 14.4 Å². The molecule has 2 amide bonds. The number of hydrogen-bond acceptors (Lipinski definition) is 5. The molecule has 2 aromatic heterocycles. The van der Waals surface area contributed by atoms with Crippen LogP contribution in [-0.2, 0) is 9.59 Å². The Balaban J connectivity index is 1.35. The molecule has 2 N–H and O–H groups in total. The summed E-state index contributed by atoms with van der Waals surface area (Å²) in [6.45, 7) is 6.03. The molecule has 174 valence electrons. The Morgan fingerprint density at radius 3 is 2.64 bits per heavy atom. The minimum Gasteiger partial charge on any atom is -0.352 e. The molecule has 2 aromatic rings. The summed E-state index contributed by atoms with van der Waals surface area (Å²) in [7, 11) is 0. The van der Waals surface area contributed by atoms with Gasteiger partial charge in [-0.15, -0.1) is 0 Å². The van der Waals surface area contributed by atoms with Gasteiger partial charge >= 0.3 is 0 Å². The molecule has 33 heavy (non-hydrogen) atoms. The van der Waals surface area contributed by atoms with Crippen LogP contribution in [0, 0.1) is 18.8 Å². The van der Waals surface area contributed by atoms with Crippen LogP contribution in [0.4, 0.5) is 11.6 Å². The Morgan fingerprint density at radius 1 is 1.15 bits per heavy atom. The van der Waals surface area contributed by atoms with Crippen LogP contribution in [0.25, 0.3) is 11.1 Å². The molecule has 2 aliphatic carbocycles. The molecular formula is C25H31N5O3. The molecule has 5 rings (SSSR count). The van der Waals surface area contributed by atoms with Crippen LogP contribution in [0.2, 0.25) is 0 Å². The van der Waals surface area contributed by atoms with Gasteiger partial charge in [0.25, 0.3) is 0 Å². The van der Waals surface area contributed by atoms with Crippen molar-refractivity contribution in [2.45, 2.75) is 52.0 Å². The SMILES string of the molecule is Cc1cnc(NC(=O)C2CC2)cc1-c1cc(N2CCN(C(=O)CC3CC3)C[C@@H]2C)[nH]c(=O)c1. The smallest absolute Gasteiger partial charge is 0.250 e. The number of anilines is 2. The molecule has 0 bridgehead atoms. The standard InChI is InChI=1S/C25H31N5O3/c1-15-13-26-21(27-25(33)18-5-6-18)12-20(15)19-10-22(28-23(31)11-19)30-8-7-29(14-16(30)2)24(32)9-17-3-4-17/h10-13,16-18H,3-9,14H2,1-2H3,(H,28,31)(H,26,27,33)/t16-/m0/s1. The van der Waals surface area contributed by atoms with E-state index in [1.165, 1.54) is 12.8 Å². The predicted molar refractivity (Wildman–Crippen MR) is 127 cm³/mol. The zero-order chi connectivity index (χ0) is 23.1. The minimum absolute atomic E-state index is 0.00632. The number of aromatic amines is 1. The lowest BCUT2D eigenvalue weighted by molar-refractivity contribution is -0.132. The van der Waals surface area contributed by atoms with Gasteiger partial charge in [0.15, 0.2) is 0 Å². The number of nitrogens with zero attached hydrogens (tertiary/aromatic N) is 3. The molecule has 0 aromatic carbocycles. The van der Waals surface area contributed by atoms with Gasteiger partial charge in [-0.25, -0.2) is 4.98 Å². The summed E-state index contributed by atoms with van der Waals surface area (Å²) in [5.41, 5.74) is 2.41. The summed E-state index contributed by atoms with van der Waals surface area (Å²) in [5, 5.41) is 2.89. The van der Waals surface area contributed by atoms with Crippen molar-refractivity contribution >= 4 is 23.5 Å². The number of carbonyl (C=O) groups excluding carboxylic acids is 2. The van der Waals surface area contributed by atoms with E-state index >= 15 is 0 Å². The van der Waals surface area contributed by atoms with E-state index in [0.717, 1.165) is 35.3 Å². The highest BCUT2D eigenvalue weighted by molar-refractivity contribution is 5.93. The van der Waals surface area contributed by atoms with Crippen molar-refractivity contribution in [3.8, 4) is 11.1 Å². The Morgan fingerprint density at radius 2 is 1.94 bits per heavy atom. The van der Waals surface area contributed by atoms with E-state index in [4.69, 9.17) is 0 Å². The van der Waals surface area contributed by atoms with Crippen LogP contribution in [-0.4, -0.2) is 52.4 Å². The largest absolute Gasteiger partial charge is 0.352 e. The van der Waals surface area contributed by atoms with Crippen LogP contribution in [0.1, 0.15) is 44.6 Å². The molecule has 8 heteroatoms. The number of amides is 2. The van der Waals surface area contributed by atoms with Gasteiger partial charge in [0.1, 0.15) is 11.6 Å². The van der Waals surface area contributed by atoms with Crippen LogP contribution in [0.3, 0.4) is 0 Å². The van der Waals surface area contributed by atoms with Crippen molar-refractivity contribution in [3.05, 3.63) is 40.3 Å². The zero-order valence-electron chi connectivity index (χ0n) is 19.3. The molecule has 3 heterocycles. The molecule has 8 nitrogen and oxygen atoms in total. The average molecular weight is 450 g/mol. The number of H-pyrrole nitrogens is 1. The number of hydrogen-bond donors (Lipinski definition) is 2. The highest BCUT2D eigenvalue weighted by Gasteiger charge is 2.32. The first kappa shape index (κ1) is 21.7. The van der Waals surface area contributed by atoms with E-state index in [1.807, 2.05) is 24.0 Å². The molecule has 3 fully saturated rings. The van der Waals surface area contributed by atoms with Gasteiger partial charge in [-0.2, -0.15) is 0 Å². The van der Waals surface area contributed by atoms with Gasteiger partial charge in [-0.3, -0.25) is 14.4 Å². The summed E-state index contributed by atoms with van der Waals surface area (Å²) in [6, 6.07) is 5.50. The van der Waals surface area contributed by atoms with Crippen LogP contribution in [0.15, 0.2) is 29.2 Å². The molecule has 2 saturated carbocycles. The second-order valence-electron chi connectivity index (χ2n) is 9.80. The Bertz CT molecular complexity index is 1140. The third-order valence-corrected chi connectivity index (χ3v) is 6.89. The molecule has 0 spiro atoms. The lowest BCUT2D eigenvalue weighted by Gasteiger charge is -2.41. The normalized spacial score (nSPS) is 20.6. The van der Waals surface area contributed by atoms with E-state index in [2.05, 4.69) is 27.1 Å². The lowest BCUT2D eigenvalue weighted by atomic mass is 10.0. The maximum Gasteiger partial charge on any atom is 0.250 e. The second-order valence-corrected chi connectivity index (χ2v) is 9.80. The molecule has 0 unspecified atom stereocenters. The third kappa shape index (κ3) is 4.94. The van der Waals surface area contributed by atoms with E-state index in [0.29, 0.717) is 37.8 Å². The molecule has 1 aliphatic heterocycles. The number of rotatable bonds is 6. The number of piperazine rings is 1. The van der Waals surface area contributed by atoms with Gasteiger partial charge in [0, 0.05) is 50.3 Å². The highest BCUT2D eigenvalue weighted by atomic mass is 16.2. The quantitative estimate of drug-likeness (QED) is 0.707. The van der Waals surface area contributed by atoms with Gasteiger partial charge < -0.3 is 20.1 Å². The van der Waals surface area contributed by atoms with Crippen molar-refractivity contribution in [2.24, 2.45) is 11.8 Å². The van der Waals surface area contributed by atoms with Crippen LogP contribution >= 0.6 is 0 Å². The highest BCUT2D eigenvalue weighted by Crippen LogP contribution is 2.34. The molecule has 0 radical (unpaired) electrons. The first-order chi connectivity index (χ1) is 15.9. The fourth-order valence-corrected chi connectivity index (χ4v) is 4.56. The van der Waals surface area contributed by atoms with Gasteiger partial charge in [-0.1, -0.05) is 0 Å². The van der Waals surface area contributed by atoms with Crippen molar-refractivity contribution < 1.29 is 9.59 Å². The number of nitrogens with one attached hydrogen (secondary N) is 2. The topological polar surface area (TPSA) is 98.4 Å². The monoisotopic (exact) mass is 449 g/mol.